The van der Waals surface area contributed by atoms with Gasteiger partial charge in [0.25, 0.3) is 11.8 Å². The van der Waals surface area contributed by atoms with Gasteiger partial charge in [0, 0.05) is 5.69 Å². The molecule has 0 aliphatic carbocycles. The van der Waals surface area contributed by atoms with Crippen LogP contribution in [0.5, 0.6) is 0 Å². The normalized spacial score (nSPS) is 14.0. The fraction of sp³-hybridized carbons (Fsp3) is 0.214. The zero-order valence-corrected chi connectivity index (χ0v) is 19.2. The molecule has 4 nitrogen and oxygen atoms in total. The summed E-state index contributed by atoms with van der Waals surface area (Å²) in [6.07, 6.45) is 0. The Balaban J connectivity index is 1.83. The van der Waals surface area contributed by atoms with E-state index in [-0.39, 0.29) is 11.8 Å². The van der Waals surface area contributed by atoms with Gasteiger partial charge in [-0.15, -0.1) is 0 Å². The molecule has 1 aliphatic rings. The molecule has 1 heterocycles. The van der Waals surface area contributed by atoms with E-state index in [1.54, 1.807) is 0 Å². The Bertz CT molecular complexity index is 1240. The highest BCUT2D eigenvalue weighted by molar-refractivity contribution is 6.46. The molecule has 3 aromatic carbocycles. The van der Waals surface area contributed by atoms with Crippen LogP contribution in [0, 0.1) is 20.8 Å². The van der Waals surface area contributed by atoms with Crippen molar-refractivity contribution in [2.24, 2.45) is 0 Å². The number of aryl methyl sites for hydroxylation is 3. The van der Waals surface area contributed by atoms with Gasteiger partial charge in [0.05, 0.1) is 11.3 Å². The van der Waals surface area contributed by atoms with Crippen LogP contribution < -0.4 is 10.2 Å². The number of nitrogens with one attached hydrogen (secondary N) is 1. The Morgan fingerprint density at radius 3 is 2.09 bits per heavy atom. The first kappa shape index (κ1) is 21.6. The minimum absolute atomic E-state index is 0.308. The molecule has 0 atom stereocenters. The number of hydrogen-bond donors (Lipinski definition) is 1. The van der Waals surface area contributed by atoms with Gasteiger partial charge in [-0.1, -0.05) is 67.9 Å². The van der Waals surface area contributed by atoms with E-state index in [1.165, 1.54) is 10.5 Å². The first-order valence-electron chi connectivity index (χ1n) is 10.9. The number of para-hydroxylation sites is 1. The van der Waals surface area contributed by atoms with Gasteiger partial charge >= 0.3 is 0 Å². The molecule has 0 spiro atoms. The molecule has 0 unspecified atom stereocenters. The Hall–Kier alpha value is -3.66. The van der Waals surface area contributed by atoms with Crippen molar-refractivity contribution in [2.45, 2.75) is 40.5 Å². The molecule has 4 heteroatoms. The number of hydrogen-bond acceptors (Lipinski definition) is 3. The van der Waals surface area contributed by atoms with Crippen LogP contribution >= 0.6 is 0 Å². The van der Waals surface area contributed by atoms with E-state index < -0.39 is 0 Å². The number of benzene rings is 3. The molecule has 0 aromatic heterocycles. The van der Waals surface area contributed by atoms with Gasteiger partial charge in [-0.25, -0.2) is 4.90 Å². The number of anilines is 2. The SMILES string of the molecule is Cc1ccc(C2=C(Nc3ccc(C(C)C)cc3)C(=O)N(c3ccccc3C)C2=O)c(C)c1. The van der Waals surface area contributed by atoms with Crippen LogP contribution in [-0.4, -0.2) is 11.8 Å². The van der Waals surface area contributed by atoms with Crippen molar-refractivity contribution in [3.05, 3.63) is 100 Å². The summed E-state index contributed by atoms with van der Waals surface area (Å²) in [5.41, 5.74) is 7.03. The van der Waals surface area contributed by atoms with Crippen molar-refractivity contribution in [2.75, 3.05) is 10.2 Å². The molecule has 0 saturated carbocycles. The van der Waals surface area contributed by atoms with Gasteiger partial charge in [0.1, 0.15) is 5.70 Å². The number of imide groups is 1. The van der Waals surface area contributed by atoms with Crippen LogP contribution in [0.15, 0.2) is 72.4 Å². The lowest BCUT2D eigenvalue weighted by Gasteiger charge is -2.18. The van der Waals surface area contributed by atoms with Crippen molar-refractivity contribution in [3.8, 4) is 0 Å². The Morgan fingerprint density at radius 2 is 1.47 bits per heavy atom. The third-order valence-corrected chi connectivity index (χ3v) is 5.94. The van der Waals surface area contributed by atoms with E-state index in [1.807, 2.05) is 87.5 Å². The lowest BCUT2D eigenvalue weighted by atomic mass is 9.97. The molecule has 1 N–H and O–H groups in total. The zero-order chi connectivity index (χ0) is 23.0. The van der Waals surface area contributed by atoms with Gasteiger partial charge in [-0.3, -0.25) is 9.59 Å². The Kier molecular flexibility index (Phi) is 5.70. The maximum absolute atomic E-state index is 13.7. The van der Waals surface area contributed by atoms with Crippen molar-refractivity contribution in [1.29, 1.82) is 0 Å². The summed E-state index contributed by atoms with van der Waals surface area (Å²) in [7, 11) is 0. The van der Waals surface area contributed by atoms with Gasteiger partial charge in [-0.2, -0.15) is 0 Å². The molecular weight excluding hydrogens is 396 g/mol. The minimum Gasteiger partial charge on any atom is -0.350 e. The van der Waals surface area contributed by atoms with Crippen molar-refractivity contribution >= 4 is 28.8 Å². The quantitative estimate of drug-likeness (QED) is 0.501. The second kappa shape index (κ2) is 8.46. The van der Waals surface area contributed by atoms with E-state index in [9.17, 15) is 9.59 Å². The average Bonchev–Trinajstić information content (AvgIpc) is 2.99. The highest BCUT2D eigenvalue weighted by Crippen LogP contribution is 2.36. The second-order valence-electron chi connectivity index (χ2n) is 8.70. The number of carbonyl (C=O) groups is 2. The van der Waals surface area contributed by atoms with Crippen LogP contribution in [-0.2, 0) is 9.59 Å². The van der Waals surface area contributed by atoms with Crippen LogP contribution in [0.2, 0.25) is 0 Å². The van der Waals surface area contributed by atoms with Crippen LogP contribution in [0.3, 0.4) is 0 Å². The molecule has 0 radical (unpaired) electrons. The number of rotatable bonds is 5. The van der Waals surface area contributed by atoms with Crippen LogP contribution in [0.1, 0.15) is 47.6 Å². The lowest BCUT2D eigenvalue weighted by Crippen LogP contribution is -2.33. The van der Waals surface area contributed by atoms with Crippen LogP contribution in [0.4, 0.5) is 11.4 Å². The predicted molar refractivity (Wildman–Crippen MR) is 131 cm³/mol. The third kappa shape index (κ3) is 3.84. The monoisotopic (exact) mass is 424 g/mol. The highest BCUT2D eigenvalue weighted by atomic mass is 16.2. The number of carbonyl (C=O) groups excluding carboxylic acids is 2. The molecule has 4 rings (SSSR count). The van der Waals surface area contributed by atoms with E-state index in [0.29, 0.717) is 22.9 Å². The number of nitrogens with zero attached hydrogens (tertiary/aromatic N) is 1. The molecule has 0 saturated heterocycles. The van der Waals surface area contributed by atoms with E-state index in [0.717, 1.165) is 27.9 Å². The lowest BCUT2D eigenvalue weighted by molar-refractivity contribution is -0.120. The number of amides is 2. The average molecular weight is 425 g/mol. The summed E-state index contributed by atoms with van der Waals surface area (Å²) in [4.78, 5) is 28.5. The zero-order valence-electron chi connectivity index (χ0n) is 19.2. The first-order chi connectivity index (χ1) is 15.3. The molecule has 32 heavy (non-hydrogen) atoms. The standard InChI is InChI=1S/C28H28N2O2/c1-17(2)21-11-13-22(14-12-21)29-26-25(23-15-10-18(3)16-20(23)5)27(31)30(28(26)32)24-9-7-6-8-19(24)4/h6-17,29H,1-5H3. The molecule has 162 valence electrons. The fourth-order valence-corrected chi connectivity index (χ4v) is 4.12. The summed E-state index contributed by atoms with van der Waals surface area (Å²) in [5.74, 6) is -0.231. The van der Waals surface area contributed by atoms with Gasteiger partial charge < -0.3 is 5.32 Å². The molecule has 0 bridgehead atoms. The van der Waals surface area contributed by atoms with E-state index in [4.69, 9.17) is 0 Å². The largest absolute Gasteiger partial charge is 0.350 e. The van der Waals surface area contributed by atoms with E-state index in [2.05, 4.69) is 19.2 Å². The van der Waals surface area contributed by atoms with Gasteiger partial charge in [0.2, 0.25) is 0 Å². The Labute approximate surface area is 189 Å². The summed E-state index contributed by atoms with van der Waals surface area (Å²) in [6, 6.07) is 21.4. The minimum atomic E-state index is -0.341. The van der Waals surface area contributed by atoms with Crippen molar-refractivity contribution < 1.29 is 9.59 Å². The van der Waals surface area contributed by atoms with Crippen molar-refractivity contribution in [3.63, 3.8) is 0 Å². The van der Waals surface area contributed by atoms with Gasteiger partial charge in [-0.05, 0) is 67.1 Å². The smallest absolute Gasteiger partial charge is 0.282 e. The fourth-order valence-electron chi connectivity index (χ4n) is 4.12. The molecule has 1 aliphatic heterocycles. The maximum atomic E-state index is 13.7. The molecule has 0 fully saturated rings. The maximum Gasteiger partial charge on any atom is 0.282 e. The first-order valence-corrected chi connectivity index (χ1v) is 10.9. The predicted octanol–water partition coefficient (Wildman–Crippen LogP) is 6.13. The summed E-state index contributed by atoms with van der Waals surface area (Å²) in [6.45, 7) is 10.2. The summed E-state index contributed by atoms with van der Waals surface area (Å²) >= 11 is 0. The molecule has 3 aromatic rings. The van der Waals surface area contributed by atoms with Crippen LogP contribution in [0.25, 0.3) is 5.57 Å². The summed E-state index contributed by atoms with van der Waals surface area (Å²) < 4.78 is 0. The van der Waals surface area contributed by atoms with Crippen molar-refractivity contribution in [1.82, 2.24) is 0 Å². The topological polar surface area (TPSA) is 49.4 Å². The highest BCUT2D eigenvalue weighted by Gasteiger charge is 2.41. The Morgan fingerprint density at radius 1 is 0.781 bits per heavy atom. The molecular formula is C28H28N2O2. The van der Waals surface area contributed by atoms with E-state index >= 15 is 0 Å². The second-order valence-corrected chi connectivity index (χ2v) is 8.70. The van der Waals surface area contributed by atoms with Gasteiger partial charge in [0.15, 0.2) is 0 Å². The third-order valence-electron chi connectivity index (χ3n) is 5.94. The molecule has 2 amide bonds. The summed E-state index contributed by atoms with van der Waals surface area (Å²) in [5, 5.41) is 3.26.